The van der Waals surface area contributed by atoms with E-state index in [0.717, 1.165) is 4.90 Å². The lowest BCUT2D eigenvalue weighted by Crippen LogP contribution is -2.45. The van der Waals surface area contributed by atoms with Gasteiger partial charge in [0.15, 0.2) is 0 Å². The molecule has 5 nitrogen and oxygen atoms in total. The van der Waals surface area contributed by atoms with Crippen molar-refractivity contribution in [3.63, 3.8) is 0 Å². The summed E-state index contributed by atoms with van der Waals surface area (Å²) in [7, 11) is 0. The third-order valence-electron chi connectivity index (χ3n) is 3.70. The fourth-order valence-corrected chi connectivity index (χ4v) is 2.82. The largest absolute Gasteiger partial charge is 0.387 e. The molecule has 21 heavy (non-hydrogen) atoms. The van der Waals surface area contributed by atoms with E-state index < -0.39 is 17.7 Å². The minimum atomic E-state index is -0.873. The molecule has 1 saturated heterocycles. The van der Waals surface area contributed by atoms with E-state index in [1.807, 2.05) is 32.0 Å². The van der Waals surface area contributed by atoms with Gasteiger partial charge in [-0.3, -0.25) is 9.69 Å². The number of urea groups is 1. The number of nitrogens with zero attached hydrogens (tertiary/aromatic N) is 1. The van der Waals surface area contributed by atoms with Crippen LogP contribution in [0.2, 0.25) is 0 Å². The lowest BCUT2D eigenvalue weighted by atomic mass is 9.91. The van der Waals surface area contributed by atoms with Crippen LogP contribution >= 0.6 is 0 Å². The van der Waals surface area contributed by atoms with Gasteiger partial charge in [-0.15, -0.1) is 0 Å². The molecule has 1 fully saturated rings. The molecule has 1 aliphatic heterocycles. The van der Waals surface area contributed by atoms with Gasteiger partial charge in [-0.1, -0.05) is 44.2 Å². The van der Waals surface area contributed by atoms with Gasteiger partial charge >= 0.3 is 6.03 Å². The summed E-state index contributed by atoms with van der Waals surface area (Å²) in [4.78, 5) is 25.6. The van der Waals surface area contributed by atoms with Crippen molar-refractivity contribution in [1.29, 1.82) is 0 Å². The third-order valence-corrected chi connectivity index (χ3v) is 3.70. The molecule has 2 atom stereocenters. The number of aliphatic hydroxyl groups is 1. The maximum absolute atomic E-state index is 12.5. The van der Waals surface area contributed by atoms with Crippen molar-refractivity contribution in [3.05, 3.63) is 35.9 Å². The highest BCUT2D eigenvalue weighted by Gasteiger charge is 2.48. The van der Waals surface area contributed by atoms with E-state index in [1.165, 1.54) is 0 Å². The van der Waals surface area contributed by atoms with Crippen LogP contribution in [0.15, 0.2) is 30.3 Å². The van der Waals surface area contributed by atoms with E-state index >= 15 is 0 Å². The van der Waals surface area contributed by atoms with Crippen LogP contribution in [0.5, 0.6) is 0 Å². The Morgan fingerprint density at radius 3 is 2.43 bits per heavy atom. The first-order chi connectivity index (χ1) is 9.83. The number of aliphatic hydroxyl groups excluding tert-OH is 1. The number of hydrogen-bond acceptors (Lipinski definition) is 3. The van der Waals surface area contributed by atoms with Crippen molar-refractivity contribution >= 4 is 11.9 Å². The summed E-state index contributed by atoms with van der Waals surface area (Å²) in [6.07, 6.45) is -0.294. The second kappa shape index (κ2) is 5.85. The van der Waals surface area contributed by atoms with Gasteiger partial charge in [-0.25, -0.2) is 4.79 Å². The molecule has 1 aromatic carbocycles. The van der Waals surface area contributed by atoms with Gasteiger partial charge in [-0.05, 0) is 24.8 Å². The van der Waals surface area contributed by atoms with Crippen molar-refractivity contribution in [2.45, 2.75) is 38.8 Å². The van der Waals surface area contributed by atoms with Crippen LogP contribution in [-0.2, 0) is 4.79 Å². The van der Waals surface area contributed by atoms with Crippen LogP contribution in [-0.4, -0.2) is 34.0 Å². The average molecular weight is 290 g/mol. The standard InChI is InChI=1S/C16H22N2O3/c1-11(2)9-16(3)14(20)18(15(21)17-16)10-13(19)12-7-5-4-6-8-12/h4-8,11,13,19H,9-10H2,1-3H3,(H,17,21). The highest BCUT2D eigenvalue weighted by molar-refractivity contribution is 6.06. The summed E-state index contributed by atoms with van der Waals surface area (Å²) in [6.45, 7) is 5.73. The SMILES string of the molecule is CC(C)CC1(C)NC(=O)N(CC(O)c2ccccc2)C1=O. The maximum atomic E-state index is 12.5. The summed E-state index contributed by atoms with van der Waals surface area (Å²) in [5, 5.41) is 12.9. The molecule has 2 unspecified atom stereocenters. The summed E-state index contributed by atoms with van der Waals surface area (Å²) in [6, 6.07) is 8.59. The fraction of sp³-hybridized carbons (Fsp3) is 0.500. The molecule has 1 aliphatic rings. The Morgan fingerprint density at radius 1 is 1.24 bits per heavy atom. The van der Waals surface area contributed by atoms with Crippen LogP contribution in [0.1, 0.15) is 38.9 Å². The Kier molecular flexibility index (Phi) is 4.32. The second-order valence-electron chi connectivity index (χ2n) is 6.20. The van der Waals surface area contributed by atoms with Gasteiger partial charge in [-0.2, -0.15) is 0 Å². The summed E-state index contributed by atoms with van der Waals surface area (Å²) < 4.78 is 0. The normalized spacial score (nSPS) is 23.6. The number of β-amino-alcohol motifs (C(OH)–C–C–N with tert-alkyl or cyclic N) is 1. The van der Waals surface area contributed by atoms with Crippen LogP contribution in [0.3, 0.4) is 0 Å². The van der Waals surface area contributed by atoms with Crippen molar-refractivity contribution in [2.24, 2.45) is 5.92 Å². The molecule has 114 valence electrons. The minimum Gasteiger partial charge on any atom is -0.387 e. The predicted molar refractivity (Wildman–Crippen MR) is 79.5 cm³/mol. The monoisotopic (exact) mass is 290 g/mol. The lowest BCUT2D eigenvalue weighted by molar-refractivity contribution is -0.132. The van der Waals surface area contributed by atoms with Crippen LogP contribution < -0.4 is 5.32 Å². The Bertz CT molecular complexity index is 530. The van der Waals surface area contributed by atoms with Gasteiger partial charge in [0.1, 0.15) is 5.54 Å². The summed E-state index contributed by atoms with van der Waals surface area (Å²) in [5.74, 6) is 0.0226. The molecule has 0 bridgehead atoms. The molecule has 3 amide bonds. The molecule has 0 aliphatic carbocycles. The molecule has 2 N–H and O–H groups in total. The predicted octanol–water partition coefficient (Wildman–Crippen LogP) is 2.08. The fourth-order valence-electron chi connectivity index (χ4n) is 2.82. The number of rotatable bonds is 5. The Morgan fingerprint density at radius 2 is 1.86 bits per heavy atom. The first-order valence-electron chi connectivity index (χ1n) is 7.20. The molecule has 0 aromatic heterocycles. The van der Waals surface area contributed by atoms with Gasteiger partial charge in [0.05, 0.1) is 12.6 Å². The van der Waals surface area contributed by atoms with Crippen molar-refractivity contribution in [2.75, 3.05) is 6.54 Å². The lowest BCUT2D eigenvalue weighted by Gasteiger charge is -2.24. The molecule has 0 spiro atoms. The quantitative estimate of drug-likeness (QED) is 0.816. The molecule has 0 saturated carbocycles. The van der Waals surface area contributed by atoms with Gasteiger partial charge in [0, 0.05) is 0 Å². The smallest absolute Gasteiger partial charge is 0.325 e. The topological polar surface area (TPSA) is 69.6 Å². The zero-order valence-corrected chi connectivity index (χ0v) is 12.7. The van der Waals surface area contributed by atoms with E-state index in [0.29, 0.717) is 17.9 Å². The van der Waals surface area contributed by atoms with E-state index in [4.69, 9.17) is 0 Å². The number of nitrogens with one attached hydrogen (secondary N) is 1. The van der Waals surface area contributed by atoms with Crippen LogP contribution in [0, 0.1) is 5.92 Å². The van der Waals surface area contributed by atoms with Crippen molar-refractivity contribution in [1.82, 2.24) is 10.2 Å². The summed E-state index contributed by atoms with van der Waals surface area (Å²) in [5.41, 5.74) is -0.183. The Hall–Kier alpha value is -1.88. The molecule has 1 heterocycles. The first kappa shape index (κ1) is 15.5. The molecule has 2 rings (SSSR count). The average Bonchev–Trinajstić information content (AvgIpc) is 2.62. The zero-order chi connectivity index (χ0) is 15.6. The number of hydrogen-bond donors (Lipinski definition) is 2. The molecular weight excluding hydrogens is 268 g/mol. The number of carbonyl (C=O) groups is 2. The zero-order valence-electron chi connectivity index (χ0n) is 12.7. The van der Waals surface area contributed by atoms with E-state index in [9.17, 15) is 14.7 Å². The van der Waals surface area contributed by atoms with E-state index in [2.05, 4.69) is 5.32 Å². The Labute approximate surface area is 125 Å². The molecule has 0 radical (unpaired) electrons. The number of benzene rings is 1. The second-order valence-corrected chi connectivity index (χ2v) is 6.20. The third kappa shape index (κ3) is 3.24. The maximum Gasteiger partial charge on any atom is 0.325 e. The molecule has 1 aromatic rings. The summed E-state index contributed by atoms with van der Waals surface area (Å²) >= 11 is 0. The van der Waals surface area contributed by atoms with E-state index in [-0.39, 0.29) is 12.5 Å². The van der Waals surface area contributed by atoms with Crippen molar-refractivity contribution < 1.29 is 14.7 Å². The highest BCUT2D eigenvalue weighted by atomic mass is 16.3. The van der Waals surface area contributed by atoms with E-state index in [1.54, 1.807) is 19.1 Å². The minimum absolute atomic E-state index is 0.0254. The molecular formula is C16H22N2O3. The van der Waals surface area contributed by atoms with Gasteiger partial charge in [0.2, 0.25) is 0 Å². The number of amides is 3. The molecule has 5 heteroatoms. The first-order valence-corrected chi connectivity index (χ1v) is 7.20. The van der Waals surface area contributed by atoms with Gasteiger partial charge < -0.3 is 10.4 Å². The van der Waals surface area contributed by atoms with Crippen molar-refractivity contribution in [3.8, 4) is 0 Å². The highest BCUT2D eigenvalue weighted by Crippen LogP contribution is 2.26. The van der Waals surface area contributed by atoms with Gasteiger partial charge in [0.25, 0.3) is 5.91 Å². The van der Waals surface area contributed by atoms with Crippen LogP contribution in [0.4, 0.5) is 4.79 Å². The Balaban J connectivity index is 2.11. The number of imide groups is 1. The van der Waals surface area contributed by atoms with Crippen LogP contribution in [0.25, 0.3) is 0 Å². The number of carbonyl (C=O) groups excluding carboxylic acids is 2.